The number of hydrogen-bond acceptors (Lipinski definition) is 3. The molecule has 5 nitrogen and oxygen atoms in total. The number of carbonyl (C=O) groups excluding carboxylic acids is 2. The Labute approximate surface area is 166 Å². The van der Waals surface area contributed by atoms with Gasteiger partial charge in [-0.15, -0.1) is 0 Å². The highest BCUT2D eigenvalue weighted by molar-refractivity contribution is 5.98. The fourth-order valence-electron chi connectivity index (χ4n) is 3.64. The monoisotopic (exact) mass is 377 g/mol. The average molecular weight is 377 g/mol. The van der Waals surface area contributed by atoms with Crippen molar-refractivity contribution in [2.75, 3.05) is 31.5 Å². The van der Waals surface area contributed by atoms with E-state index in [0.717, 1.165) is 45.6 Å². The molecular formula is C23H27N3O2. The van der Waals surface area contributed by atoms with Gasteiger partial charge in [0, 0.05) is 49.9 Å². The summed E-state index contributed by atoms with van der Waals surface area (Å²) in [5, 5.41) is 2.92. The van der Waals surface area contributed by atoms with Crippen molar-refractivity contribution in [1.29, 1.82) is 0 Å². The van der Waals surface area contributed by atoms with E-state index in [4.69, 9.17) is 0 Å². The topological polar surface area (TPSA) is 52.6 Å². The van der Waals surface area contributed by atoms with Crippen molar-refractivity contribution in [2.45, 2.75) is 26.3 Å². The molecule has 1 aliphatic heterocycles. The van der Waals surface area contributed by atoms with Gasteiger partial charge in [0.25, 0.3) is 5.91 Å². The van der Waals surface area contributed by atoms with Gasteiger partial charge in [-0.3, -0.25) is 14.5 Å². The lowest BCUT2D eigenvalue weighted by molar-refractivity contribution is -0.117. The van der Waals surface area contributed by atoms with Crippen molar-refractivity contribution >= 4 is 17.5 Å². The second-order valence-electron chi connectivity index (χ2n) is 7.84. The van der Waals surface area contributed by atoms with Crippen molar-refractivity contribution in [3.63, 3.8) is 0 Å². The zero-order valence-electron chi connectivity index (χ0n) is 16.4. The Morgan fingerprint density at radius 3 is 2.46 bits per heavy atom. The lowest BCUT2D eigenvalue weighted by Crippen LogP contribution is -2.48. The predicted molar refractivity (Wildman–Crippen MR) is 110 cm³/mol. The van der Waals surface area contributed by atoms with Crippen LogP contribution < -0.4 is 5.32 Å². The highest BCUT2D eigenvalue weighted by Crippen LogP contribution is 2.30. The van der Waals surface area contributed by atoms with Crippen LogP contribution >= 0.6 is 0 Å². The van der Waals surface area contributed by atoms with Gasteiger partial charge in [0.15, 0.2) is 0 Å². The van der Waals surface area contributed by atoms with E-state index in [1.165, 1.54) is 11.1 Å². The summed E-state index contributed by atoms with van der Waals surface area (Å²) >= 11 is 0. The molecule has 4 rings (SSSR count). The van der Waals surface area contributed by atoms with Crippen LogP contribution in [0.1, 0.15) is 34.3 Å². The molecule has 2 aliphatic rings. The lowest BCUT2D eigenvalue weighted by Gasteiger charge is -2.35. The Morgan fingerprint density at radius 1 is 1.00 bits per heavy atom. The SMILES string of the molecule is Cc1ccccc1CN1CCN(C(=O)c2cccc(NC(=O)C3CC3)c2)CC1. The first kappa shape index (κ1) is 18.7. The number of amides is 2. The quantitative estimate of drug-likeness (QED) is 0.870. The molecule has 1 aliphatic carbocycles. The minimum Gasteiger partial charge on any atom is -0.336 e. The summed E-state index contributed by atoms with van der Waals surface area (Å²) in [7, 11) is 0. The molecule has 1 heterocycles. The molecule has 0 radical (unpaired) electrons. The van der Waals surface area contributed by atoms with Gasteiger partial charge < -0.3 is 10.2 Å². The Morgan fingerprint density at radius 2 is 1.75 bits per heavy atom. The molecule has 2 fully saturated rings. The van der Waals surface area contributed by atoms with Crippen LogP contribution in [0, 0.1) is 12.8 Å². The number of rotatable bonds is 5. The maximum absolute atomic E-state index is 12.9. The fraction of sp³-hybridized carbons (Fsp3) is 0.391. The van der Waals surface area contributed by atoms with E-state index in [1.807, 2.05) is 23.1 Å². The standard InChI is InChI=1S/C23H27N3O2/c1-17-5-2-3-6-20(17)16-25-11-13-26(14-12-25)23(28)19-7-4-8-21(15-19)24-22(27)18-9-10-18/h2-8,15,18H,9-14,16H2,1H3,(H,24,27). The van der Waals surface area contributed by atoms with Gasteiger partial charge in [-0.05, 0) is 49.1 Å². The van der Waals surface area contributed by atoms with E-state index >= 15 is 0 Å². The molecule has 0 unspecified atom stereocenters. The van der Waals surface area contributed by atoms with Gasteiger partial charge in [-0.1, -0.05) is 30.3 Å². The molecule has 1 N–H and O–H groups in total. The van der Waals surface area contributed by atoms with Crippen LogP contribution in [-0.2, 0) is 11.3 Å². The third kappa shape index (κ3) is 4.42. The molecule has 1 saturated heterocycles. The van der Waals surface area contributed by atoms with Gasteiger partial charge in [-0.2, -0.15) is 0 Å². The first-order valence-corrected chi connectivity index (χ1v) is 10.1. The molecule has 1 saturated carbocycles. The first-order chi connectivity index (χ1) is 13.6. The van der Waals surface area contributed by atoms with Gasteiger partial charge >= 0.3 is 0 Å². The van der Waals surface area contributed by atoms with Gasteiger partial charge in [0.2, 0.25) is 5.91 Å². The van der Waals surface area contributed by atoms with Crippen LogP contribution in [0.25, 0.3) is 0 Å². The number of nitrogens with zero attached hydrogens (tertiary/aromatic N) is 2. The fourth-order valence-corrected chi connectivity index (χ4v) is 3.64. The zero-order chi connectivity index (χ0) is 19.5. The maximum Gasteiger partial charge on any atom is 0.254 e. The second kappa shape index (κ2) is 8.15. The van der Waals surface area contributed by atoms with Gasteiger partial charge in [-0.25, -0.2) is 0 Å². The van der Waals surface area contributed by atoms with E-state index in [2.05, 4.69) is 41.4 Å². The van der Waals surface area contributed by atoms with Crippen LogP contribution in [0.4, 0.5) is 5.69 Å². The summed E-state index contributed by atoms with van der Waals surface area (Å²) in [6.45, 7) is 6.27. The molecule has 2 aromatic carbocycles. The Kier molecular flexibility index (Phi) is 5.44. The van der Waals surface area contributed by atoms with Crippen LogP contribution in [0.3, 0.4) is 0 Å². The normalized spacial score (nSPS) is 17.4. The molecule has 0 bridgehead atoms. The van der Waals surface area contributed by atoms with Crippen molar-refractivity contribution in [3.05, 3.63) is 65.2 Å². The van der Waals surface area contributed by atoms with Crippen molar-refractivity contribution in [2.24, 2.45) is 5.92 Å². The van der Waals surface area contributed by atoms with E-state index in [9.17, 15) is 9.59 Å². The second-order valence-corrected chi connectivity index (χ2v) is 7.84. The maximum atomic E-state index is 12.9. The third-order valence-electron chi connectivity index (χ3n) is 5.64. The van der Waals surface area contributed by atoms with Crippen LogP contribution in [0.5, 0.6) is 0 Å². The largest absolute Gasteiger partial charge is 0.336 e. The van der Waals surface area contributed by atoms with Crippen LogP contribution in [0.2, 0.25) is 0 Å². The Balaban J connectivity index is 1.33. The minimum absolute atomic E-state index is 0.0399. The summed E-state index contributed by atoms with van der Waals surface area (Å²) in [6, 6.07) is 15.8. The predicted octanol–water partition coefficient (Wildman–Crippen LogP) is 3.30. The Hall–Kier alpha value is -2.66. The molecule has 2 aromatic rings. The van der Waals surface area contributed by atoms with E-state index in [1.54, 1.807) is 6.07 Å². The Bertz CT molecular complexity index is 868. The van der Waals surface area contributed by atoms with E-state index in [-0.39, 0.29) is 17.7 Å². The van der Waals surface area contributed by atoms with E-state index in [0.29, 0.717) is 11.3 Å². The summed E-state index contributed by atoms with van der Waals surface area (Å²) in [5.41, 5.74) is 4.01. The number of hydrogen-bond donors (Lipinski definition) is 1. The number of anilines is 1. The minimum atomic E-state index is 0.0399. The molecule has 146 valence electrons. The van der Waals surface area contributed by atoms with E-state index < -0.39 is 0 Å². The average Bonchev–Trinajstić information content (AvgIpc) is 3.55. The summed E-state index contributed by atoms with van der Waals surface area (Å²) in [6.07, 6.45) is 1.94. The third-order valence-corrected chi connectivity index (χ3v) is 5.64. The van der Waals surface area contributed by atoms with Crippen molar-refractivity contribution in [1.82, 2.24) is 9.80 Å². The summed E-state index contributed by atoms with van der Waals surface area (Å²) in [4.78, 5) is 29.2. The number of carbonyl (C=O) groups is 2. The van der Waals surface area contributed by atoms with Crippen LogP contribution in [0.15, 0.2) is 48.5 Å². The molecular weight excluding hydrogens is 350 g/mol. The highest BCUT2D eigenvalue weighted by Gasteiger charge is 2.29. The number of piperazine rings is 1. The van der Waals surface area contributed by atoms with Gasteiger partial charge in [0.05, 0.1) is 0 Å². The molecule has 2 amide bonds. The first-order valence-electron chi connectivity index (χ1n) is 10.1. The summed E-state index contributed by atoms with van der Waals surface area (Å²) in [5.74, 6) is 0.258. The smallest absolute Gasteiger partial charge is 0.254 e. The molecule has 0 aromatic heterocycles. The molecule has 5 heteroatoms. The molecule has 0 spiro atoms. The number of benzene rings is 2. The van der Waals surface area contributed by atoms with Gasteiger partial charge in [0.1, 0.15) is 0 Å². The van der Waals surface area contributed by atoms with Crippen molar-refractivity contribution < 1.29 is 9.59 Å². The zero-order valence-corrected chi connectivity index (χ0v) is 16.4. The van der Waals surface area contributed by atoms with Crippen LogP contribution in [-0.4, -0.2) is 47.8 Å². The number of aryl methyl sites for hydroxylation is 1. The van der Waals surface area contributed by atoms with Crippen molar-refractivity contribution in [3.8, 4) is 0 Å². The highest BCUT2D eigenvalue weighted by atomic mass is 16.2. The number of nitrogens with one attached hydrogen (secondary N) is 1. The lowest BCUT2D eigenvalue weighted by atomic mass is 10.1. The molecule has 0 atom stereocenters. The summed E-state index contributed by atoms with van der Waals surface area (Å²) < 4.78 is 0. The molecule has 28 heavy (non-hydrogen) atoms.